The van der Waals surface area contributed by atoms with Crippen molar-refractivity contribution in [1.29, 1.82) is 0 Å². The molecule has 3 aliphatic heterocycles. The number of aromatic nitrogens is 1. The quantitative estimate of drug-likeness (QED) is 0.833. The highest BCUT2D eigenvalue weighted by Gasteiger charge is 2.54. The highest BCUT2D eigenvalue weighted by atomic mass is 35.5. The summed E-state index contributed by atoms with van der Waals surface area (Å²) in [5.41, 5.74) is 8.24. The van der Waals surface area contributed by atoms with Gasteiger partial charge in [0.1, 0.15) is 24.0 Å². The van der Waals surface area contributed by atoms with Crippen LogP contribution >= 0.6 is 11.6 Å². The number of rotatable bonds is 1. The van der Waals surface area contributed by atoms with Crippen molar-refractivity contribution in [2.45, 2.75) is 18.1 Å². The minimum Gasteiger partial charge on any atom is -0.489 e. The number of hydrogen-bond donors (Lipinski definition) is 1. The summed E-state index contributed by atoms with van der Waals surface area (Å²) in [5.74, 6) is 0.895. The maximum atomic E-state index is 6.29. The molecule has 7 heteroatoms. The summed E-state index contributed by atoms with van der Waals surface area (Å²) >= 11 is 6.11. The Kier molecular flexibility index (Phi) is 3.58. The van der Waals surface area contributed by atoms with Crippen LogP contribution in [-0.2, 0) is 15.0 Å². The molecule has 134 valence electrons. The van der Waals surface area contributed by atoms with Gasteiger partial charge >= 0.3 is 0 Å². The molecule has 4 heterocycles. The highest BCUT2D eigenvalue weighted by molar-refractivity contribution is 6.30. The molecule has 3 aliphatic rings. The summed E-state index contributed by atoms with van der Waals surface area (Å²) in [6.45, 7) is 1.67. The molecular weight excluding hydrogens is 354 g/mol. The van der Waals surface area contributed by atoms with E-state index < -0.39 is 5.54 Å². The van der Waals surface area contributed by atoms with Gasteiger partial charge in [0.25, 0.3) is 6.02 Å². The molecule has 6 nitrogen and oxygen atoms in total. The number of nitrogens with zero attached hydrogens (tertiary/aromatic N) is 2. The van der Waals surface area contributed by atoms with Gasteiger partial charge in [-0.3, -0.25) is 4.98 Å². The lowest BCUT2D eigenvalue weighted by Gasteiger charge is -2.45. The largest absolute Gasteiger partial charge is 0.489 e. The summed E-state index contributed by atoms with van der Waals surface area (Å²) in [5, 5.41) is 0.596. The van der Waals surface area contributed by atoms with E-state index in [1.54, 1.807) is 12.4 Å². The predicted molar refractivity (Wildman–Crippen MR) is 97.3 cm³/mol. The number of ether oxygens (including phenoxy) is 3. The molecule has 0 amide bonds. The van der Waals surface area contributed by atoms with Crippen molar-refractivity contribution in [3.05, 3.63) is 47.2 Å². The van der Waals surface area contributed by atoms with Gasteiger partial charge in [-0.25, -0.2) is 4.99 Å². The van der Waals surface area contributed by atoms with E-state index in [1.807, 2.05) is 18.2 Å². The Labute approximate surface area is 155 Å². The van der Waals surface area contributed by atoms with Crippen LogP contribution in [-0.4, -0.2) is 36.9 Å². The number of aliphatic imine (C=N–C) groups is 1. The van der Waals surface area contributed by atoms with Crippen LogP contribution in [0.3, 0.4) is 0 Å². The third kappa shape index (κ3) is 2.36. The number of amidine groups is 1. The van der Waals surface area contributed by atoms with E-state index in [9.17, 15) is 0 Å². The van der Waals surface area contributed by atoms with Crippen LogP contribution in [0, 0.1) is 5.92 Å². The molecule has 1 spiro atoms. The maximum Gasteiger partial charge on any atom is 0.283 e. The van der Waals surface area contributed by atoms with Crippen LogP contribution in [0.15, 0.2) is 41.7 Å². The van der Waals surface area contributed by atoms with Crippen LogP contribution in [0.1, 0.15) is 12.0 Å². The van der Waals surface area contributed by atoms with Crippen molar-refractivity contribution in [3.63, 3.8) is 0 Å². The minimum absolute atomic E-state index is 0.0492. The third-order valence-electron chi connectivity index (χ3n) is 5.42. The second-order valence-electron chi connectivity index (χ2n) is 6.89. The third-order valence-corrected chi connectivity index (χ3v) is 5.63. The first-order chi connectivity index (χ1) is 12.7. The first-order valence-corrected chi connectivity index (χ1v) is 9.01. The first-order valence-electron chi connectivity index (χ1n) is 8.64. The van der Waals surface area contributed by atoms with Gasteiger partial charge in [-0.15, -0.1) is 0 Å². The van der Waals surface area contributed by atoms with Crippen molar-refractivity contribution in [2.75, 3.05) is 19.8 Å². The van der Waals surface area contributed by atoms with Crippen molar-refractivity contribution in [3.8, 4) is 16.9 Å². The van der Waals surface area contributed by atoms with Gasteiger partial charge in [0.15, 0.2) is 0 Å². The van der Waals surface area contributed by atoms with Gasteiger partial charge in [0.2, 0.25) is 0 Å². The zero-order valence-electron chi connectivity index (χ0n) is 14.0. The fourth-order valence-electron chi connectivity index (χ4n) is 4.16. The molecule has 2 N–H and O–H groups in total. The predicted octanol–water partition coefficient (Wildman–Crippen LogP) is 2.74. The average Bonchev–Trinajstić information content (AvgIpc) is 3.04. The second kappa shape index (κ2) is 5.86. The van der Waals surface area contributed by atoms with Gasteiger partial charge in [-0.1, -0.05) is 17.7 Å². The van der Waals surface area contributed by atoms with Gasteiger partial charge in [-0.2, -0.15) is 0 Å². The Morgan fingerprint density at radius 1 is 1.19 bits per heavy atom. The van der Waals surface area contributed by atoms with Crippen LogP contribution in [0.5, 0.6) is 5.75 Å². The molecule has 1 aromatic carbocycles. The smallest absolute Gasteiger partial charge is 0.283 e. The molecule has 1 unspecified atom stereocenters. The van der Waals surface area contributed by atoms with Crippen molar-refractivity contribution >= 4 is 17.6 Å². The molecule has 3 atom stereocenters. The van der Waals surface area contributed by atoms with Gasteiger partial charge in [0, 0.05) is 29.9 Å². The number of pyridine rings is 1. The number of halogens is 1. The molecular formula is C19H18ClN3O3. The monoisotopic (exact) mass is 371 g/mol. The van der Waals surface area contributed by atoms with Gasteiger partial charge in [-0.05, 0) is 23.8 Å². The molecule has 1 saturated heterocycles. The van der Waals surface area contributed by atoms with Crippen molar-refractivity contribution in [2.24, 2.45) is 16.6 Å². The molecule has 0 aliphatic carbocycles. The number of nitrogens with two attached hydrogens (primary N) is 1. The van der Waals surface area contributed by atoms with Crippen molar-refractivity contribution in [1.82, 2.24) is 4.98 Å². The Morgan fingerprint density at radius 2 is 2.12 bits per heavy atom. The van der Waals surface area contributed by atoms with Gasteiger partial charge in [0.05, 0.1) is 24.2 Å². The Balaban J connectivity index is 1.67. The SMILES string of the molecule is NC1=N[C@@]2(CO1)c1cc(-c3cncc(Cl)c3)ccc1OC1CCOC[C@H]12. The highest BCUT2D eigenvalue weighted by Crippen LogP contribution is 2.50. The fourth-order valence-corrected chi connectivity index (χ4v) is 4.33. The molecule has 0 saturated carbocycles. The average molecular weight is 372 g/mol. The van der Waals surface area contributed by atoms with E-state index in [4.69, 9.17) is 36.5 Å². The lowest BCUT2D eigenvalue weighted by atomic mass is 9.72. The summed E-state index contributed by atoms with van der Waals surface area (Å²) in [6.07, 6.45) is 4.29. The molecule has 1 aromatic heterocycles. The van der Waals surface area contributed by atoms with E-state index in [2.05, 4.69) is 11.1 Å². The Morgan fingerprint density at radius 3 is 2.92 bits per heavy atom. The Hall–Kier alpha value is -2.31. The lowest BCUT2D eigenvalue weighted by Crippen LogP contribution is -2.52. The summed E-state index contributed by atoms with van der Waals surface area (Å²) < 4.78 is 17.6. The number of fused-ring (bicyclic) bond motifs is 4. The van der Waals surface area contributed by atoms with Crippen LogP contribution in [0.4, 0.5) is 0 Å². The standard InChI is InChI=1S/C19H18ClN3O3/c20-13-5-12(7-22-8-13)11-1-2-16-14(6-11)19(10-25-18(21)23-19)15-9-24-4-3-17(15)26-16/h1-2,5-8,15,17H,3-4,9-10H2,(H2,21,23)/t15-,17?,19+/m1/s1. The summed E-state index contributed by atoms with van der Waals surface area (Å²) in [7, 11) is 0. The van der Waals surface area contributed by atoms with Gasteiger partial charge < -0.3 is 19.9 Å². The van der Waals surface area contributed by atoms with E-state index in [0.29, 0.717) is 24.8 Å². The van der Waals surface area contributed by atoms with Crippen molar-refractivity contribution < 1.29 is 14.2 Å². The van der Waals surface area contributed by atoms with E-state index in [1.165, 1.54) is 0 Å². The second-order valence-corrected chi connectivity index (χ2v) is 7.33. The van der Waals surface area contributed by atoms with E-state index in [0.717, 1.165) is 28.9 Å². The summed E-state index contributed by atoms with van der Waals surface area (Å²) in [6, 6.07) is 8.20. The molecule has 5 rings (SSSR count). The molecule has 0 radical (unpaired) electrons. The van der Waals surface area contributed by atoms with Crippen LogP contribution < -0.4 is 10.5 Å². The van der Waals surface area contributed by atoms with E-state index in [-0.39, 0.29) is 18.0 Å². The maximum absolute atomic E-state index is 6.29. The molecule has 1 fully saturated rings. The summed E-state index contributed by atoms with van der Waals surface area (Å²) in [4.78, 5) is 8.91. The number of benzene rings is 1. The fraction of sp³-hybridized carbons (Fsp3) is 0.368. The number of hydrogen-bond acceptors (Lipinski definition) is 6. The lowest BCUT2D eigenvalue weighted by molar-refractivity contribution is -0.0726. The zero-order valence-corrected chi connectivity index (χ0v) is 14.8. The molecule has 2 aromatic rings. The topological polar surface area (TPSA) is 79.0 Å². The minimum atomic E-state index is -0.579. The van der Waals surface area contributed by atoms with Crippen LogP contribution in [0.25, 0.3) is 11.1 Å². The Bertz CT molecular complexity index is 903. The van der Waals surface area contributed by atoms with E-state index >= 15 is 0 Å². The normalized spacial score (nSPS) is 29.3. The zero-order chi connectivity index (χ0) is 17.7. The first kappa shape index (κ1) is 15.9. The van der Waals surface area contributed by atoms with Crippen LogP contribution in [0.2, 0.25) is 5.02 Å². The molecule has 0 bridgehead atoms. The molecule has 26 heavy (non-hydrogen) atoms.